The van der Waals surface area contributed by atoms with Crippen molar-refractivity contribution in [2.75, 3.05) is 27.3 Å². The van der Waals surface area contributed by atoms with E-state index in [1.807, 2.05) is 0 Å². The molecule has 0 aliphatic heterocycles. The zero-order chi connectivity index (χ0) is 15.0. The van der Waals surface area contributed by atoms with Gasteiger partial charge in [0.05, 0.1) is 20.3 Å². The van der Waals surface area contributed by atoms with Crippen LogP contribution in [0.5, 0.6) is 11.5 Å². The van der Waals surface area contributed by atoms with Gasteiger partial charge in [-0.05, 0) is 23.7 Å². The van der Waals surface area contributed by atoms with Crippen molar-refractivity contribution in [1.29, 1.82) is 0 Å². The Morgan fingerprint density at radius 1 is 1.50 bits per heavy atom. The molecule has 1 atom stereocenters. The molecule has 1 unspecified atom stereocenters. The highest BCUT2D eigenvalue weighted by Crippen LogP contribution is 2.28. The van der Waals surface area contributed by atoms with E-state index in [1.54, 1.807) is 18.2 Å². The molecule has 108 valence electrons. The molecule has 1 aromatic carbocycles. The van der Waals surface area contributed by atoms with Crippen molar-refractivity contribution in [3.05, 3.63) is 34.2 Å². The molecule has 1 aromatic rings. The quantitative estimate of drug-likeness (QED) is 0.442. The highest BCUT2D eigenvalue weighted by atomic mass is 16.5. The predicted molar refractivity (Wildman–Crippen MR) is 71.5 cm³/mol. The lowest BCUT2D eigenvalue weighted by Crippen LogP contribution is -2.30. The largest absolute Gasteiger partial charge is 0.497 e. The van der Waals surface area contributed by atoms with Crippen LogP contribution in [-0.2, 0) is 4.79 Å². The number of hydrogen-bond donors (Lipinski definition) is 2. The number of azide groups is 1. The van der Waals surface area contributed by atoms with Crippen molar-refractivity contribution in [3.8, 4) is 11.5 Å². The minimum absolute atomic E-state index is 0.0245. The monoisotopic (exact) mass is 280 g/mol. The van der Waals surface area contributed by atoms with Gasteiger partial charge in [0.2, 0.25) is 5.91 Å². The average Bonchev–Trinajstić information content (AvgIpc) is 2.49. The molecule has 2 N–H and O–H groups in total. The molecular weight excluding hydrogens is 264 g/mol. The Morgan fingerprint density at radius 2 is 2.25 bits per heavy atom. The van der Waals surface area contributed by atoms with Crippen molar-refractivity contribution in [1.82, 2.24) is 5.32 Å². The van der Waals surface area contributed by atoms with Gasteiger partial charge in [0, 0.05) is 17.0 Å². The highest BCUT2D eigenvalue weighted by molar-refractivity contribution is 5.78. The molecule has 0 spiro atoms. The van der Waals surface area contributed by atoms with Gasteiger partial charge in [-0.25, -0.2) is 0 Å². The van der Waals surface area contributed by atoms with Crippen molar-refractivity contribution in [2.24, 2.45) is 5.11 Å². The zero-order valence-electron chi connectivity index (χ0n) is 11.2. The molecule has 0 fully saturated rings. The average molecular weight is 280 g/mol. The molecule has 20 heavy (non-hydrogen) atoms. The van der Waals surface area contributed by atoms with Gasteiger partial charge in [0.1, 0.15) is 18.0 Å². The molecular formula is C12H16N4O4. The van der Waals surface area contributed by atoms with E-state index < -0.39 is 12.0 Å². The summed E-state index contributed by atoms with van der Waals surface area (Å²) < 4.78 is 10.2. The normalized spacial score (nSPS) is 11.2. The number of methoxy groups -OCH3 is 2. The second-order valence-electron chi connectivity index (χ2n) is 3.82. The first-order valence-corrected chi connectivity index (χ1v) is 5.80. The summed E-state index contributed by atoms with van der Waals surface area (Å²) in [6.45, 7) is -0.332. The summed E-state index contributed by atoms with van der Waals surface area (Å²) in [4.78, 5) is 13.7. The van der Waals surface area contributed by atoms with Crippen LogP contribution in [0.2, 0.25) is 0 Å². The van der Waals surface area contributed by atoms with Gasteiger partial charge >= 0.3 is 0 Å². The lowest BCUT2D eigenvalue weighted by Gasteiger charge is -2.16. The molecule has 0 radical (unpaired) electrons. The number of nitrogens with zero attached hydrogens (tertiary/aromatic N) is 3. The summed E-state index contributed by atoms with van der Waals surface area (Å²) in [5.41, 5.74) is 8.59. The van der Waals surface area contributed by atoms with Gasteiger partial charge in [-0.2, -0.15) is 0 Å². The van der Waals surface area contributed by atoms with Crippen molar-refractivity contribution >= 4 is 5.91 Å². The van der Waals surface area contributed by atoms with E-state index in [0.717, 1.165) is 0 Å². The summed E-state index contributed by atoms with van der Waals surface area (Å²) >= 11 is 0. The van der Waals surface area contributed by atoms with Gasteiger partial charge < -0.3 is 19.9 Å². The number of hydrogen-bond acceptors (Lipinski definition) is 5. The SMILES string of the molecule is COc1ccc(OC)c(C(O)CNC(=O)CN=[N+]=[N-])c1. The third-order valence-electron chi connectivity index (χ3n) is 2.57. The first kappa shape index (κ1) is 15.6. The molecule has 8 nitrogen and oxygen atoms in total. The maximum atomic E-state index is 11.3. The van der Waals surface area contributed by atoms with Crippen LogP contribution in [-0.4, -0.2) is 38.3 Å². The standard InChI is InChI=1S/C12H16N4O4/c1-19-8-3-4-11(20-2)9(5-8)10(17)6-14-12(18)7-15-16-13/h3-5,10,17H,6-7H2,1-2H3,(H,14,18). The molecule has 8 heteroatoms. The first-order valence-electron chi connectivity index (χ1n) is 5.80. The predicted octanol–water partition coefficient (Wildman–Crippen LogP) is 1.16. The van der Waals surface area contributed by atoms with Gasteiger partial charge in [-0.3, -0.25) is 4.79 Å². The van der Waals surface area contributed by atoms with Gasteiger partial charge in [-0.1, -0.05) is 5.11 Å². The number of aliphatic hydroxyl groups excluding tert-OH is 1. The minimum atomic E-state index is -0.963. The maximum absolute atomic E-state index is 11.3. The van der Waals surface area contributed by atoms with E-state index in [2.05, 4.69) is 15.3 Å². The van der Waals surface area contributed by atoms with E-state index in [-0.39, 0.29) is 13.1 Å². The number of aliphatic hydroxyl groups is 1. The fraction of sp³-hybridized carbons (Fsp3) is 0.417. The third kappa shape index (κ3) is 4.34. The highest BCUT2D eigenvalue weighted by Gasteiger charge is 2.15. The molecule has 1 rings (SSSR count). The summed E-state index contributed by atoms with van der Waals surface area (Å²) in [6.07, 6.45) is -0.963. The Labute approximate surface area is 115 Å². The van der Waals surface area contributed by atoms with Gasteiger partial charge in [-0.15, -0.1) is 0 Å². The molecule has 0 aliphatic rings. The van der Waals surface area contributed by atoms with Crippen LogP contribution in [0.25, 0.3) is 10.4 Å². The first-order chi connectivity index (χ1) is 9.62. The fourth-order valence-corrected chi connectivity index (χ4v) is 1.57. The van der Waals surface area contributed by atoms with Crippen LogP contribution in [0.15, 0.2) is 23.3 Å². The third-order valence-corrected chi connectivity index (χ3v) is 2.57. The van der Waals surface area contributed by atoms with Crippen molar-refractivity contribution in [3.63, 3.8) is 0 Å². The fourth-order valence-electron chi connectivity index (χ4n) is 1.57. The molecule has 0 heterocycles. The van der Waals surface area contributed by atoms with Gasteiger partial charge in [0.25, 0.3) is 0 Å². The molecule has 1 amide bonds. The van der Waals surface area contributed by atoms with Crippen LogP contribution in [0.3, 0.4) is 0 Å². The number of nitrogens with one attached hydrogen (secondary N) is 1. The van der Waals surface area contributed by atoms with Crippen LogP contribution in [0.1, 0.15) is 11.7 Å². The molecule has 0 bridgehead atoms. The number of amides is 1. The van der Waals surface area contributed by atoms with Crippen LogP contribution in [0.4, 0.5) is 0 Å². The second kappa shape index (κ2) is 7.88. The smallest absolute Gasteiger partial charge is 0.225 e. The maximum Gasteiger partial charge on any atom is 0.225 e. The Morgan fingerprint density at radius 3 is 2.85 bits per heavy atom. The van der Waals surface area contributed by atoms with Crippen molar-refractivity contribution in [2.45, 2.75) is 6.10 Å². The topological polar surface area (TPSA) is 117 Å². The van der Waals surface area contributed by atoms with Crippen LogP contribution in [0, 0.1) is 0 Å². The summed E-state index contributed by atoms with van der Waals surface area (Å²) in [7, 11) is 3.00. The minimum Gasteiger partial charge on any atom is -0.497 e. The lowest BCUT2D eigenvalue weighted by atomic mass is 10.1. The van der Waals surface area contributed by atoms with Gasteiger partial charge in [0.15, 0.2) is 0 Å². The number of carbonyl (C=O) groups excluding carboxylic acids is 1. The van der Waals surface area contributed by atoms with Crippen LogP contribution >= 0.6 is 0 Å². The Balaban J connectivity index is 2.73. The Hall–Kier alpha value is -2.44. The van der Waals surface area contributed by atoms with E-state index in [0.29, 0.717) is 17.1 Å². The molecule has 0 aliphatic carbocycles. The molecule has 0 aromatic heterocycles. The number of ether oxygens (including phenoxy) is 2. The van der Waals surface area contributed by atoms with E-state index in [4.69, 9.17) is 15.0 Å². The van der Waals surface area contributed by atoms with Crippen LogP contribution < -0.4 is 14.8 Å². The van der Waals surface area contributed by atoms with E-state index in [1.165, 1.54) is 14.2 Å². The summed E-state index contributed by atoms with van der Waals surface area (Å²) in [5, 5.41) is 15.7. The van der Waals surface area contributed by atoms with E-state index in [9.17, 15) is 9.90 Å². The summed E-state index contributed by atoms with van der Waals surface area (Å²) in [5.74, 6) is 0.589. The molecule has 0 saturated carbocycles. The molecule has 0 saturated heterocycles. The van der Waals surface area contributed by atoms with E-state index >= 15 is 0 Å². The number of rotatable bonds is 7. The summed E-state index contributed by atoms with van der Waals surface area (Å²) in [6, 6.07) is 5.00. The Bertz CT molecular complexity index is 514. The Kier molecular flexibility index (Phi) is 6.15. The number of carbonyl (C=O) groups is 1. The van der Waals surface area contributed by atoms with Crippen molar-refractivity contribution < 1.29 is 19.4 Å². The zero-order valence-corrected chi connectivity index (χ0v) is 11.2. The second-order valence-corrected chi connectivity index (χ2v) is 3.82. The lowest BCUT2D eigenvalue weighted by molar-refractivity contribution is -0.120. The number of benzene rings is 1.